The fraction of sp³-hybridized carbons (Fsp3) is 0.947. The van der Waals surface area contributed by atoms with Crippen LogP contribution in [0.25, 0.3) is 0 Å². The number of aliphatic hydroxyl groups excluding tert-OH is 5. The SMILES string of the molecule is CCCCCCCCCCCCC/C=C/C(O)C(COC1OC(CO)C(O)C(O)C1O)NC(=O)CCCCCCCCCCCCCCCCCCCCCCCCCCCCCCCCCCCCCOC(=O)CCCCCCCCCCCCC. The van der Waals surface area contributed by atoms with Crippen molar-refractivity contribution in [1.82, 2.24) is 5.32 Å². The highest BCUT2D eigenvalue weighted by atomic mass is 16.7. The Morgan fingerprint density at radius 3 is 1.07 bits per heavy atom. The maximum absolute atomic E-state index is 13.1. The van der Waals surface area contributed by atoms with E-state index in [0.717, 1.165) is 51.4 Å². The molecule has 0 bridgehead atoms. The van der Waals surface area contributed by atoms with E-state index in [0.29, 0.717) is 19.4 Å². The van der Waals surface area contributed by atoms with Gasteiger partial charge in [-0.3, -0.25) is 9.59 Å². The largest absolute Gasteiger partial charge is 0.466 e. The van der Waals surface area contributed by atoms with E-state index in [1.807, 2.05) is 6.08 Å². The summed E-state index contributed by atoms with van der Waals surface area (Å²) in [5.41, 5.74) is 0. The van der Waals surface area contributed by atoms with E-state index in [1.54, 1.807) is 6.08 Å². The summed E-state index contributed by atoms with van der Waals surface area (Å²) < 4.78 is 16.8. The molecule has 1 fully saturated rings. The molecule has 1 aliphatic rings. The fourth-order valence-electron chi connectivity index (χ4n) is 12.6. The van der Waals surface area contributed by atoms with Crippen molar-refractivity contribution in [2.24, 2.45) is 0 Å². The van der Waals surface area contributed by atoms with Crippen LogP contribution in [0.3, 0.4) is 0 Å². The van der Waals surface area contributed by atoms with Crippen molar-refractivity contribution >= 4 is 11.9 Å². The third-order valence-corrected chi connectivity index (χ3v) is 18.7. The van der Waals surface area contributed by atoms with Crippen molar-refractivity contribution in [3.63, 3.8) is 0 Å². The third-order valence-electron chi connectivity index (χ3n) is 18.7. The van der Waals surface area contributed by atoms with Crippen LogP contribution in [0.15, 0.2) is 12.2 Å². The molecular formula is C76H147NO10. The summed E-state index contributed by atoms with van der Waals surface area (Å²) in [4.78, 5) is 25.1. The number of rotatable bonds is 69. The van der Waals surface area contributed by atoms with Gasteiger partial charge in [0.2, 0.25) is 5.91 Å². The molecule has 7 unspecified atom stereocenters. The van der Waals surface area contributed by atoms with Gasteiger partial charge in [-0.2, -0.15) is 0 Å². The van der Waals surface area contributed by atoms with Crippen molar-refractivity contribution in [3.8, 4) is 0 Å². The zero-order valence-corrected chi connectivity index (χ0v) is 57.5. The molecule has 1 saturated heterocycles. The van der Waals surface area contributed by atoms with Crippen molar-refractivity contribution in [2.75, 3.05) is 19.8 Å². The van der Waals surface area contributed by atoms with Crippen molar-refractivity contribution in [1.29, 1.82) is 0 Å². The Kier molecular flexibility index (Phi) is 63.2. The normalized spacial score (nSPS) is 17.8. The summed E-state index contributed by atoms with van der Waals surface area (Å²) in [6.07, 6.45) is 72.3. The van der Waals surface area contributed by atoms with Gasteiger partial charge in [-0.1, -0.05) is 366 Å². The predicted molar refractivity (Wildman–Crippen MR) is 366 cm³/mol. The van der Waals surface area contributed by atoms with Gasteiger partial charge >= 0.3 is 5.97 Å². The van der Waals surface area contributed by atoms with Crippen LogP contribution in [0, 0.1) is 0 Å². The average Bonchev–Trinajstić information content (AvgIpc) is 3.11. The molecule has 87 heavy (non-hydrogen) atoms. The lowest BCUT2D eigenvalue weighted by molar-refractivity contribution is -0.302. The Morgan fingerprint density at radius 1 is 0.414 bits per heavy atom. The molecule has 11 nitrogen and oxygen atoms in total. The molecule has 0 spiro atoms. The number of allylic oxidation sites excluding steroid dienone is 1. The minimum atomic E-state index is -1.57. The van der Waals surface area contributed by atoms with E-state index < -0.39 is 49.5 Å². The molecule has 11 heteroatoms. The third kappa shape index (κ3) is 54.7. The van der Waals surface area contributed by atoms with E-state index in [1.165, 1.54) is 321 Å². The van der Waals surface area contributed by atoms with Gasteiger partial charge in [0.15, 0.2) is 6.29 Å². The Balaban J connectivity index is 1.91. The van der Waals surface area contributed by atoms with Gasteiger partial charge in [-0.15, -0.1) is 0 Å². The first kappa shape index (κ1) is 83.4. The standard InChI is InChI=1S/C76H147NO10/c1-3-5-7-9-11-13-15-39-43-46-50-54-58-62-69(79)68(67-86-76-75(84)74(83)73(82)70(66-78)87-76)77-71(80)63-59-55-51-47-44-40-37-35-33-31-29-27-25-23-21-19-17-16-18-20-22-24-26-28-30-32-34-36-38-41-45-49-53-57-61-65-85-72(81)64-60-56-52-48-42-14-12-10-8-6-4-2/h58,62,68-70,73-76,78-79,82-84H,3-57,59-61,63-67H2,1-2H3,(H,77,80)/b62-58+. The van der Waals surface area contributed by atoms with Crippen molar-refractivity contribution < 1.29 is 49.3 Å². The summed E-state index contributed by atoms with van der Waals surface area (Å²) in [5, 5.41) is 54.6. The predicted octanol–water partition coefficient (Wildman–Crippen LogP) is 20.2. The van der Waals surface area contributed by atoms with Gasteiger partial charge < -0.3 is 45.1 Å². The highest BCUT2D eigenvalue weighted by Gasteiger charge is 2.44. The Morgan fingerprint density at radius 2 is 0.724 bits per heavy atom. The summed E-state index contributed by atoms with van der Waals surface area (Å²) in [6, 6.07) is -0.805. The lowest BCUT2D eigenvalue weighted by atomic mass is 9.99. The van der Waals surface area contributed by atoms with Crippen LogP contribution >= 0.6 is 0 Å². The number of esters is 1. The van der Waals surface area contributed by atoms with E-state index in [-0.39, 0.29) is 18.5 Å². The van der Waals surface area contributed by atoms with Crippen molar-refractivity contribution in [2.45, 2.75) is 442 Å². The average molecular weight is 1240 g/mol. The Hall–Kier alpha value is -1.60. The minimum absolute atomic E-state index is 0.0165. The van der Waals surface area contributed by atoms with Crippen LogP contribution in [-0.2, 0) is 23.8 Å². The van der Waals surface area contributed by atoms with Gasteiger partial charge in [-0.25, -0.2) is 0 Å². The van der Waals surface area contributed by atoms with Crippen LogP contribution in [0.4, 0.5) is 0 Å². The molecular weight excluding hydrogens is 1090 g/mol. The Bertz CT molecular complexity index is 1450. The second kappa shape index (κ2) is 65.9. The van der Waals surface area contributed by atoms with Crippen LogP contribution in [0.1, 0.15) is 399 Å². The quantitative estimate of drug-likeness (QED) is 0.0195. The summed E-state index contributed by atoms with van der Waals surface area (Å²) in [7, 11) is 0. The van der Waals surface area contributed by atoms with Gasteiger partial charge in [-0.05, 0) is 32.1 Å². The van der Waals surface area contributed by atoms with Gasteiger partial charge in [0.05, 0.1) is 32.0 Å². The van der Waals surface area contributed by atoms with E-state index in [4.69, 9.17) is 14.2 Å². The molecule has 0 aromatic heterocycles. The van der Waals surface area contributed by atoms with Crippen LogP contribution in [0.2, 0.25) is 0 Å². The minimum Gasteiger partial charge on any atom is -0.466 e. The fourth-order valence-corrected chi connectivity index (χ4v) is 12.6. The number of carbonyl (C=O) groups is 2. The Labute approximate surface area is 538 Å². The monoisotopic (exact) mass is 1230 g/mol. The number of amides is 1. The highest BCUT2D eigenvalue weighted by Crippen LogP contribution is 2.24. The number of aliphatic hydroxyl groups is 5. The maximum atomic E-state index is 13.1. The number of unbranched alkanes of at least 4 members (excludes halogenated alkanes) is 55. The molecule has 0 saturated carbocycles. The number of ether oxygens (including phenoxy) is 3. The van der Waals surface area contributed by atoms with Gasteiger partial charge in [0.25, 0.3) is 0 Å². The second-order valence-electron chi connectivity index (χ2n) is 27.1. The molecule has 7 atom stereocenters. The molecule has 1 aliphatic heterocycles. The topological polar surface area (TPSA) is 175 Å². The highest BCUT2D eigenvalue weighted by molar-refractivity contribution is 5.76. The molecule has 1 rings (SSSR count). The van der Waals surface area contributed by atoms with Crippen molar-refractivity contribution in [3.05, 3.63) is 12.2 Å². The zero-order chi connectivity index (χ0) is 63.0. The summed E-state index contributed by atoms with van der Waals surface area (Å²) in [6.45, 7) is 4.40. The molecule has 0 aliphatic carbocycles. The maximum Gasteiger partial charge on any atom is 0.305 e. The molecule has 1 amide bonds. The molecule has 0 radical (unpaired) electrons. The molecule has 0 aromatic rings. The number of carbonyl (C=O) groups excluding carboxylic acids is 2. The van der Waals surface area contributed by atoms with E-state index >= 15 is 0 Å². The van der Waals surface area contributed by atoms with E-state index in [9.17, 15) is 35.1 Å². The lowest BCUT2D eigenvalue weighted by Gasteiger charge is -2.40. The molecule has 1 heterocycles. The van der Waals surface area contributed by atoms with Gasteiger partial charge in [0.1, 0.15) is 24.4 Å². The van der Waals surface area contributed by atoms with Crippen LogP contribution < -0.4 is 5.32 Å². The van der Waals surface area contributed by atoms with E-state index in [2.05, 4.69) is 19.2 Å². The number of hydrogen-bond acceptors (Lipinski definition) is 10. The first-order valence-corrected chi connectivity index (χ1v) is 38.5. The molecule has 0 aromatic carbocycles. The van der Waals surface area contributed by atoms with Crippen LogP contribution in [-0.4, -0.2) is 100 Å². The number of hydrogen-bond donors (Lipinski definition) is 6. The number of nitrogens with one attached hydrogen (secondary N) is 1. The molecule has 6 N–H and O–H groups in total. The second-order valence-corrected chi connectivity index (χ2v) is 27.1. The summed E-state index contributed by atoms with van der Waals surface area (Å²) in [5.74, 6) is -0.157. The lowest BCUT2D eigenvalue weighted by Crippen LogP contribution is -2.60. The first-order chi connectivity index (χ1) is 42.7. The summed E-state index contributed by atoms with van der Waals surface area (Å²) >= 11 is 0. The molecule has 516 valence electrons. The van der Waals surface area contributed by atoms with Gasteiger partial charge in [0, 0.05) is 12.8 Å². The first-order valence-electron chi connectivity index (χ1n) is 38.5. The zero-order valence-electron chi connectivity index (χ0n) is 57.5. The van der Waals surface area contributed by atoms with Crippen LogP contribution in [0.5, 0.6) is 0 Å². The smallest absolute Gasteiger partial charge is 0.305 e.